The van der Waals surface area contributed by atoms with Crippen LogP contribution in [0.4, 0.5) is 10.5 Å². The minimum absolute atomic E-state index is 0. The number of carbonyl (C=O) groups is 1. The second-order valence-electron chi connectivity index (χ2n) is 5.13. The smallest absolute Gasteiger partial charge is 0.321 e. The number of urea groups is 1. The molecule has 0 aliphatic carbocycles. The summed E-state index contributed by atoms with van der Waals surface area (Å²) in [5.41, 5.74) is 0.610. The fourth-order valence-corrected chi connectivity index (χ4v) is 2.37. The summed E-state index contributed by atoms with van der Waals surface area (Å²) in [5, 5.41) is 2.88. The highest BCUT2D eigenvalue weighted by Gasteiger charge is 2.20. The van der Waals surface area contributed by atoms with Crippen LogP contribution >= 0.6 is 12.4 Å². The maximum atomic E-state index is 12.3. The van der Waals surface area contributed by atoms with Crippen LogP contribution in [0.5, 0.6) is 17.2 Å². The number of hydrogen-bond acceptors (Lipinski definition) is 5. The largest absolute Gasteiger partial charge is 0.493 e. The number of nitrogens with one attached hydrogen (secondary N) is 1. The fraction of sp³-hybridized carbons (Fsp3) is 0.533. The summed E-state index contributed by atoms with van der Waals surface area (Å²) in [5.74, 6) is 1.52. The molecule has 7 nitrogen and oxygen atoms in total. The molecule has 0 bridgehead atoms. The summed E-state index contributed by atoms with van der Waals surface area (Å²) in [6.07, 6.45) is 0. The number of amides is 2. The van der Waals surface area contributed by atoms with Crippen molar-refractivity contribution in [3.05, 3.63) is 12.1 Å². The molecular formula is C15H24ClN3O4. The molecule has 0 radical (unpaired) electrons. The second kappa shape index (κ2) is 8.69. The Hall–Kier alpha value is -1.86. The van der Waals surface area contributed by atoms with Crippen molar-refractivity contribution in [2.75, 3.05) is 59.9 Å². The Kier molecular flexibility index (Phi) is 7.25. The molecular weight excluding hydrogens is 322 g/mol. The molecule has 0 aromatic heterocycles. The molecule has 1 aliphatic heterocycles. The van der Waals surface area contributed by atoms with Gasteiger partial charge in [-0.1, -0.05) is 0 Å². The zero-order valence-electron chi connectivity index (χ0n) is 13.9. The van der Waals surface area contributed by atoms with Gasteiger partial charge in [0.15, 0.2) is 11.5 Å². The fourth-order valence-electron chi connectivity index (χ4n) is 2.37. The Morgan fingerprint density at radius 3 is 1.96 bits per heavy atom. The highest BCUT2D eigenvalue weighted by molar-refractivity contribution is 5.90. The number of rotatable bonds is 4. The van der Waals surface area contributed by atoms with E-state index in [1.165, 1.54) is 0 Å². The van der Waals surface area contributed by atoms with E-state index in [1.54, 1.807) is 38.4 Å². The van der Waals surface area contributed by atoms with E-state index in [-0.39, 0.29) is 18.4 Å². The molecule has 8 heteroatoms. The Bertz CT molecular complexity index is 508. The van der Waals surface area contributed by atoms with Crippen molar-refractivity contribution in [1.82, 2.24) is 9.80 Å². The van der Waals surface area contributed by atoms with Gasteiger partial charge in [-0.3, -0.25) is 0 Å². The van der Waals surface area contributed by atoms with Crippen molar-refractivity contribution >= 4 is 24.1 Å². The molecule has 0 unspecified atom stereocenters. The van der Waals surface area contributed by atoms with Crippen LogP contribution in [0.3, 0.4) is 0 Å². The van der Waals surface area contributed by atoms with Gasteiger partial charge >= 0.3 is 6.03 Å². The molecule has 0 spiro atoms. The summed E-state index contributed by atoms with van der Waals surface area (Å²) in [7, 11) is 6.68. The number of piperazine rings is 1. The summed E-state index contributed by atoms with van der Waals surface area (Å²) in [6, 6.07) is 3.31. The summed E-state index contributed by atoms with van der Waals surface area (Å²) < 4.78 is 15.8. The number of hydrogen-bond donors (Lipinski definition) is 1. The van der Waals surface area contributed by atoms with E-state index in [9.17, 15) is 4.79 Å². The molecule has 2 rings (SSSR count). The van der Waals surface area contributed by atoms with Gasteiger partial charge in [0.05, 0.1) is 27.0 Å². The third-order valence-electron chi connectivity index (χ3n) is 3.71. The van der Waals surface area contributed by atoms with Crippen molar-refractivity contribution in [3.63, 3.8) is 0 Å². The number of methoxy groups -OCH3 is 3. The Labute approximate surface area is 142 Å². The van der Waals surface area contributed by atoms with Gasteiger partial charge in [0.1, 0.15) is 0 Å². The highest BCUT2D eigenvalue weighted by Crippen LogP contribution is 2.39. The Morgan fingerprint density at radius 2 is 1.52 bits per heavy atom. The second-order valence-corrected chi connectivity index (χ2v) is 5.13. The minimum atomic E-state index is -0.123. The topological polar surface area (TPSA) is 63.3 Å². The lowest BCUT2D eigenvalue weighted by Gasteiger charge is -2.32. The van der Waals surface area contributed by atoms with Crippen LogP contribution < -0.4 is 19.5 Å². The normalized spacial score (nSPS) is 14.7. The molecule has 1 N–H and O–H groups in total. The molecule has 2 amide bonds. The van der Waals surface area contributed by atoms with Gasteiger partial charge in [0.25, 0.3) is 0 Å². The van der Waals surface area contributed by atoms with Crippen LogP contribution in [-0.4, -0.2) is 70.4 Å². The first-order valence-electron chi connectivity index (χ1n) is 7.13. The van der Waals surface area contributed by atoms with Gasteiger partial charge in [0, 0.05) is 38.3 Å². The summed E-state index contributed by atoms with van der Waals surface area (Å²) >= 11 is 0. The number of carbonyl (C=O) groups excluding carboxylic acids is 1. The molecule has 1 aromatic carbocycles. The van der Waals surface area contributed by atoms with Crippen molar-refractivity contribution in [2.45, 2.75) is 0 Å². The maximum absolute atomic E-state index is 12.3. The Balaban J connectivity index is 0.00000264. The van der Waals surface area contributed by atoms with Gasteiger partial charge in [-0.15, -0.1) is 12.4 Å². The van der Waals surface area contributed by atoms with Crippen molar-refractivity contribution in [2.24, 2.45) is 0 Å². The first-order chi connectivity index (χ1) is 10.6. The quantitative estimate of drug-likeness (QED) is 0.903. The summed E-state index contributed by atoms with van der Waals surface area (Å²) in [4.78, 5) is 16.3. The van der Waals surface area contributed by atoms with E-state index in [0.717, 1.165) is 13.1 Å². The first kappa shape index (κ1) is 19.2. The number of ether oxygens (including phenoxy) is 3. The lowest BCUT2D eigenvalue weighted by Crippen LogP contribution is -2.48. The van der Waals surface area contributed by atoms with Gasteiger partial charge in [-0.05, 0) is 7.05 Å². The molecule has 1 aromatic rings. The lowest BCUT2D eigenvalue weighted by molar-refractivity contribution is 0.164. The van der Waals surface area contributed by atoms with Crippen LogP contribution in [0.1, 0.15) is 0 Å². The van der Waals surface area contributed by atoms with Gasteiger partial charge < -0.3 is 29.3 Å². The zero-order chi connectivity index (χ0) is 16.1. The monoisotopic (exact) mass is 345 g/mol. The molecule has 23 heavy (non-hydrogen) atoms. The predicted molar refractivity (Wildman–Crippen MR) is 91.4 cm³/mol. The summed E-state index contributed by atoms with van der Waals surface area (Å²) in [6.45, 7) is 3.19. The van der Waals surface area contributed by atoms with Gasteiger partial charge in [-0.25, -0.2) is 4.79 Å². The van der Waals surface area contributed by atoms with E-state index in [2.05, 4.69) is 17.3 Å². The van der Waals surface area contributed by atoms with E-state index >= 15 is 0 Å². The van der Waals surface area contributed by atoms with Gasteiger partial charge in [-0.2, -0.15) is 0 Å². The van der Waals surface area contributed by atoms with Crippen LogP contribution in [0.2, 0.25) is 0 Å². The maximum Gasteiger partial charge on any atom is 0.321 e. The zero-order valence-corrected chi connectivity index (χ0v) is 14.7. The number of nitrogens with zero attached hydrogens (tertiary/aromatic N) is 2. The van der Waals surface area contributed by atoms with Crippen molar-refractivity contribution < 1.29 is 19.0 Å². The predicted octanol–water partition coefficient (Wildman–Crippen LogP) is 1.91. The SMILES string of the molecule is COc1cc(NC(=O)N2CCN(C)CC2)cc(OC)c1OC.Cl. The average Bonchev–Trinajstić information content (AvgIpc) is 2.54. The molecule has 130 valence electrons. The number of anilines is 1. The molecule has 1 saturated heterocycles. The van der Waals surface area contributed by atoms with E-state index in [4.69, 9.17) is 14.2 Å². The highest BCUT2D eigenvalue weighted by atomic mass is 35.5. The van der Waals surface area contributed by atoms with E-state index in [1.807, 2.05) is 0 Å². The van der Waals surface area contributed by atoms with Crippen LogP contribution in [0.25, 0.3) is 0 Å². The number of halogens is 1. The third-order valence-corrected chi connectivity index (χ3v) is 3.71. The van der Waals surface area contributed by atoms with Crippen LogP contribution in [-0.2, 0) is 0 Å². The van der Waals surface area contributed by atoms with Gasteiger partial charge in [0.2, 0.25) is 5.75 Å². The van der Waals surface area contributed by atoms with Crippen LogP contribution in [0, 0.1) is 0 Å². The molecule has 1 aliphatic rings. The van der Waals surface area contributed by atoms with Crippen molar-refractivity contribution in [1.29, 1.82) is 0 Å². The average molecular weight is 346 g/mol. The molecule has 1 heterocycles. The minimum Gasteiger partial charge on any atom is -0.493 e. The number of benzene rings is 1. The first-order valence-corrected chi connectivity index (χ1v) is 7.13. The third kappa shape index (κ3) is 4.56. The standard InChI is InChI=1S/C15H23N3O4.ClH/c1-17-5-7-18(8-6-17)15(19)16-11-9-12(20-2)14(22-4)13(10-11)21-3;/h9-10H,5-8H2,1-4H3,(H,16,19);1H. The molecule has 0 atom stereocenters. The molecule has 0 saturated carbocycles. The lowest BCUT2D eigenvalue weighted by atomic mass is 10.2. The van der Waals surface area contributed by atoms with E-state index < -0.39 is 0 Å². The van der Waals surface area contributed by atoms with Crippen molar-refractivity contribution in [3.8, 4) is 17.2 Å². The molecule has 1 fully saturated rings. The van der Waals surface area contributed by atoms with E-state index in [0.29, 0.717) is 36.0 Å². The van der Waals surface area contributed by atoms with Crippen LogP contribution in [0.15, 0.2) is 12.1 Å². The number of likely N-dealkylation sites (N-methyl/N-ethyl adjacent to an activating group) is 1. The Morgan fingerprint density at radius 1 is 1.00 bits per heavy atom.